The molecule has 0 radical (unpaired) electrons. The summed E-state index contributed by atoms with van der Waals surface area (Å²) < 4.78 is 26.6. The minimum atomic E-state index is -3.60. The highest BCUT2D eigenvalue weighted by Gasteiger charge is 2.23. The standard InChI is InChI=1S/C10H19N5O2S2/c1-8(7-15-5-3-2-4-6-15)14-19(16,17)10-13-12-9(11)18-10/h8,14H,2-7H2,1H3,(H2,11,12). The maximum atomic E-state index is 12.0. The first-order valence-corrected chi connectivity index (χ1v) is 8.61. The summed E-state index contributed by atoms with van der Waals surface area (Å²) in [6.07, 6.45) is 3.64. The Labute approximate surface area is 117 Å². The molecule has 2 heterocycles. The molecular formula is C10H19N5O2S2. The number of hydrogen-bond donors (Lipinski definition) is 2. The number of nitrogen functional groups attached to an aromatic ring is 1. The largest absolute Gasteiger partial charge is 0.374 e. The lowest BCUT2D eigenvalue weighted by Crippen LogP contribution is -2.43. The predicted molar refractivity (Wildman–Crippen MR) is 74.4 cm³/mol. The topological polar surface area (TPSA) is 101 Å². The van der Waals surface area contributed by atoms with Gasteiger partial charge in [0.25, 0.3) is 10.0 Å². The van der Waals surface area contributed by atoms with Gasteiger partial charge in [-0.1, -0.05) is 17.8 Å². The molecule has 1 unspecified atom stereocenters. The number of piperidine rings is 1. The van der Waals surface area contributed by atoms with Crippen molar-refractivity contribution in [3.8, 4) is 0 Å². The Hall–Kier alpha value is -0.770. The van der Waals surface area contributed by atoms with Crippen LogP contribution >= 0.6 is 11.3 Å². The fourth-order valence-corrected chi connectivity index (χ4v) is 4.25. The molecule has 1 fully saturated rings. The molecule has 1 aromatic rings. The molecule has 0 bridgehead atoms. The maximum Gasteiger partial charge on any atom is 0.270 e. The summed E-state index contributed by atoms with van der Waals surface area (Å²) in [4.78, 5) is 2.28. The first-order chi connectivity index (χ1) is 8.97. The van der Waals surface area contributed by atoms with E-state index < -0.39 is 10.0 Å². The number of hydrogen-bond acceptors (Lipinski definition) is 7. The van der Waals surface area contributed by atoms with Gasteiger partial charge in [-0.25, -0.2) is 13.1 Å². The molecule has 0 spiro atoms. The Morgan fingerprint density at radius 1 is 1.37 bits per heavy atom. The van der Waals surface area contributed by atoms with E-state index in [1.165, 1.54) is 19.3 Å². The lowest BCUT2D eigenvalue weighted by molar-refractivity contribution is 0.215. The number of likely N-dealkylation sites (tertiary alicyclic amines) is 1. The van der Waals surface area contributed by atoms with Crippen LogP contribution in [0.4, 0.5) is 5.13 Å². The van der Waals surface area contributed by atoms with E-state index in [4.69, 9.17) is 5.73 Å². The summed E-state index contributed by atoms with van der Waals surface area (Å²) in [6.45, 7) is 4.65. The van der Waals surface area contributed by atoms with E-state index in [1.807, 2.05) is 6.92 Å². The minimum Gasteiger partial charge on any atom is -0.374 e. The quantitative estimate of drug-likeness (QED) is 0.810. The number of rotatable bonds is 5. The Morgan fingerprint density at radius 2 is 2.05 bits per heavy atom. The van der Waals surface area contributed by atoms with E-state index in [0.717, 1.165) is 24.4 Å². The van der Waals surface area contributed by atoms with Gasteiger partial charge in [0.15, 0.2) is 0 Å². The first kappa shape index (κ1) is 14.6. The molecule has 0 saturated carbocycles. The van der Waals surface area contributed by atoms with Crippen molar-refractivity contribution in [2.24, 2.45) is 0 Å². The zero-order chi connectivity index (χ0) is 13.9. The number of nitrogens with two attached hydrogens (primary N) is 1. The van der Waals surface area contributed by atoms with Crippen LogP contribution in [0.3, 0.4) is 0 Å². The van der Waals surface area contributed by atoms with Crippen molar-refractivity contribution in [3.05, 3.63) is 0 Å². The van der Waals surface area contributed by atoms with Gasteiger partial charge >= 0.3 is 0 Å². The fraction of sp³-hybridized carbons (Fsp3) is 0.800. The molecule has 0 amide bonds. The Morgan fingerprint density at radius 3 is 2.63 bits per heavy atom. The molecule has 1 atom stereocenters. The summed E-state index contributed by atoms with van der Waals surface area (Å²) >= 11 is 0.874. The van der Waals surface area contributed by atoms with Crippen LogP contribution in [0, 0.1) is 0 Å². The molecule has 7 nitrogen and oxygen atoms in total. The van der Waals surface area contributed by atoms with Crippen LogP contribution in [0.15, 0.2) is 4.34 Å². The Kier molecular flexibility index (Phi) is 4.71. The highest BCUT2D eigenvalue weighted by molar-refractivity contribution is 7.91. The normalized spacial score (nSPS) is 19.4. The summed E-state index contributed by atoms with van der Waals surface area (Å²) in [7, 11) is -3.60. The number of sulfonamides is 1. The van der Waals surface area contributed by atoms with Gasteiger partial charge in [-0.15, -0.1) is 10.2 Å². The first-order valence-electron chi connectivity index (χ1n) is 6.31. The lowest BCUT2D eigenvalue weighted by atomic mass is 10.1. The summed E-state index contributed by atoms with van der Waals surface area (Å²) in [5.74, 6) is 0. The van der Waals surface area contributed by atoms with E-state index in [2.05, 4.69) is 19.8 Å². The summed E-state index contributed by atoms with van der Waals surface area (Å²) in [5, 5.41) is 7.25. The number of nitrogens with one attached hydrogen (secondary N) is 1. The third-order valence-electron chi connectivity index (χ3n) is 2.99. The molecule has 0 aromatic carbocycles. The van der Waals surface area contributed by atoms with Gasteiger partial charge in [-0.05, 0) is 32.9 Å². The third kappa shape index (κ3) is 4.10. The molecule has 1 saturated heterocycles. The predicted octanol–water partition coefficient (Wildman–Crippen LogP) is 0.273. The number of nitrogens with zero attached hydrogens (tertiary/aromatic N) is 3. The van der Waals surface area contributed by atoms with Crippen LogP contribution in [0.1, 0.15) is 26.2 Å². The number of anilines is 1. The van der Waals surface area contributed by atoms with Gasteiger partial charge in [0.05, 0.1) is 0 Å². The van der Waals surface area contributed by atoms with Gasteiger partial charge in [-0.3, -0.25) is 0 Å². The molecule has 19 heavy (non-hydrogen) atoms. The average molecular weight is 305 g/mol. The van der Waals surface area contributed by atoms with Gasteiger partial charge in [0.1, 0.15) is 0 Å². The van der Waals surface area contributed by atoms with E-state index >= 15 is 0 Å². The molecule has 108 valence electrons. The molecule has 3 N–H and O–H groups in total. The number of aromatic nitrogens is 2. The second-order valence-electron chi connectivity index (χ2n) is 4.79. The van der Waals surface area contributed by atoms with Crippen molar-refractivity contribution in [1.29, 1.82) is 0 Å². The van der Waals surface area contributed by atoms with Crippen molar-refractivity contribution in [1.82, 2.24) is 19.8 Å². The Balaban J connectivity index is 1.92. The summed E-state index contributed by atoms with van der Waals surface area (Å²) in [6, 6.07) is -0.159. The smallest absolute Gasteiger partial charge is 0.270 e. The maximum absolute atomic E-state index is 12.0. The van der Waals surface area contributed by atoms with Crippen LogP contribution < -0.4 is 10.5 Å². The lowest BCUT2D eigenvalue weighted by Gasteiger charge is -2.29. The average Bonchev–Trinajstić information content (AvgIpc) is 2.77. The summed E-state index contributed by atoms with van der Waals surface area (Å²) in [5.41, 5.74) is 5.40. The Bertz CT molecular complexity index is 510. The SMILES string of the molecule is CC(CN1CCCCC1)NS(=O)(=O)c1nnc(N)s1. The van der Waals surface area contributed by atoms with E-state index in [-0.39, 0.29) is 15.5 Å². The van der Waals surface area contributed by atoms with E-state index in [9.17, 15) is 8.42 Å². The minimum absolute atomic E-state index is 0.0736. The van der Waals surface area contributed by atoms with Crippen LogP contribution in [-0.4, -0.2) is 49.2 Å². The van der Waals surface area contributed by atoms with Crippen molar-refractivity contribution >= 4 is 26.5 Å². The second-order valence-corrected chi connectivity index (χ2v) is 7.69. The van der Waals surface area contributed by atoms with Crippen molar-refractivity contribution in [2.45, 2.75) is 36.6 Å². The van der Waals surface area contributed by atoms with Gasteiger partial charge in [-0.2, -0.15) is 0 Å². The third-order valence-corrected chi connectivity index (χ3v) is 5.70. The highest BCUT2D eigenvalue weighted by Crippen LogP contribution is 2.17. The van der Waals surface area contributed by atoms with Crippen molar-refractivity contribution in [3.63, 3.8) is 0 Å². The fourth-order valence-electron chi connectivity index (χ4n) is 2.21. The zero-order valence-electron chi connectivity index (χ0n) is 10.9. The van der Waals surface area contributed by atoms with E-state index in [1.54, 1.807) is 0 Å². The van der Waals surface area contributed by atoms with Crippen LogP contribution in [0.5, 0.6) is 0 Å². The molecule has 0 aliphatic carbocycles. The molecule has 1 aromatic heterocycles. The van der Waals surface area contributed by atoms with Crippen LogP contribution in [0.25, 0.3) is 0 Å². The van der Waals surface area contributed by atoms with Crippen LogP contribution in [0.2, 0.25) is 0 Å². The molecule has 9 heteroatoms. The van der Waals surface area contributed by atoms with Gasteiger partial charge < -0.3 is 10.6 Å². The van der Waals surface area contributed by atoms with Gasteiger partial charge in [0.2, 0.25) is 9.47 Å². The molecule has 1 aliphatic rings. The zero-order valence-corrected chi connectivity index (χ0v) is 12.5. The molecule has 1 aliphatic heterocycles. The van der Waals surface area contributed by atoms with Crippen molar-refractivity contribution < 1.29 is 8.42 Å². The van der Waals surface area contributed by atoms with Crippen molar-refractivity contribution in [2.75, 3.05) is 25.4 Å². The second kappa shape index (κ2) is 6.12. The molecule has 2 rings (SSSR count). The van der Waals surface area contributed by atoms with E-state index in [0.29, 0.717) is 6.54 Å². The molecular weight excluding hydrogens is 286 g/mol. The highest BCUT2D eigenvalue weighted by atomic mass is 32.2. The monoisotopic (exact) mass is 305 g/mol. The van der Waals surface area contributed by atoms with Gasteiger partial charge in [0, 0.05) is 12.6 Å². The van der Waals surface area contributed by atoms with Crippen LogP contribution in [-0.2, 0) is 10.0 Å².